The molecule has 0 saturated heterocycles. The van der Waals surface area contributed by atoms with Crippen LogP contribution in [0.15, 0.2) is 54.6 Å². The first-order valence-electron chi connectivity index (χ1n) is 8.91. The van der Waals surface area contributed by atoms with Crippen molar-refractivity contribution in [2.75, 3.05) is 6.54 Å². The molecule has 0 amide bonds. The summed E-state index contributed by atoms with van der Waals surface area (Å²) in [4.78, 5) is 0. The van der Waals surface area contributed by atoms with Gasteiger partial charge in [-0.05, 0) is 61.7 Å². The van der Waals surface area contributed by atoms with Gasteiger partial charge < -0.3 is 5.32 Å². The summed E-state index contributed by atoms with van der Waals surface area (Å²) in [6.07, 6.45) is 1.12. The lowest BCUT2D eigenvalue weighted by molar-refractivity contribution is 0.647. The third kappa shape index (κ3) is 3.33. The molecule has 3 nitrogen and oxygen atoms in total. The lowest BCUT2D eigenvalue weighted by Crippen LogP contribution is -2.12. The maximum absolute atomic E-state index is 4.34. The minimum Gasteiger partial charge on any atom is -0.313 e. The molecule has 0 saturated carbocycles. The molecule has 1 aliphatic rings. The second-order valence-corrected chi connectivity index (χ2v) is 6.90. The highest BCUT2D eigenvalue weighted by Gasteiger charge is 2.20. The van der Waals surface area contributed by atoms with Gasteiger partial charge in [-0.15, -0.1) is 0 Å². The maximum Gasteiger partial charge on any atom is 0.0929 e. The lowest BCUT2D eigenvalue weighted by atomic mass is 9.85. The van der Waals surface area contributed by atoms with E-state index in [9.17, 15) is 0 Å². The number of nitrogens with one attached hydrogen (secondary N) is 1. The molecule has 3 aromatic rings. The summed E-state index contributed by atoms with van der Waals surface area (Å²) in [5, 5.41) is 12.1. The van der Waals surface area contributed by atoms with Crippen LogP contribution in [0.1, 0.15) is 40.3 Å². The van der Waals surface area contributed by atoms with Crippen LogP contribution in [0.3, 0.4) is 0 Å². The number of nitrogens with zero attached hydrogens (tertiary/aromatic N) is 2. The standard InChI is InChI=1S/C22H23N3/c1-15-3-6-17(7-4-15)21-11-12-23-14-19-13-18(8-9-20(19)21)22-10-5-16(2)24-25-22/h3-10,13,21,23H,11-12,14H2,1-2H3. The Bertz CT molecular complexity index is 867. The molecule has 0 spiro atoms. The van der Waals surface area contributed by atoms with Crippen molar-refractivity contribution in [3.8, 4) is 11.3 Å². The molecular formula is C22H23N3. The van der Waals surface area contributed by atoms with Gasteiger partial charge in [-0.2, -0.15) is 10.2 Å². The van der Waals surface area contributed by atoms with E-state index in [1.165, 1.54) is 22.3 Å². The Morgan fingerprint density at radius 2 is 1.76 bits per heavy atom. The van der Waals surface area contributed by atoms with Gasteiger partial charge in [0.25, 0.3) is 0 Å². The zero-order valence-electron chi connectivity index (χ0n) is 14.8. The number of hydrogen-bond acceptors (Lipinski definition) is 3. The van der Waals surface area contributed by atoms with Crippen molar-refractivity contribution in [3.63, 3.8) is 0 Å². The van der Waals surface area contributed by atoms with Crippen LogP contribution in [0.5, 0.6) is 0 Å². The summed E-state index contributed by atoms with van der Waals surface area (Å²) >= 11 is 0. The minimum atomic E-state index is 0.448. The van der Waals surface area contributed by atoms with Crippen molar-refractivity contribution in [3.05, 3.63) is 82.5 Å². The summed E-state index contributed by atoms with van der Waals surface area (Å²) in [6, 6.07) is 19.8. The second-order valence-electron chi connectivity index (χ2n) is 6.90. The highest BCUT2D eigenvalue weighted by Crippen LogP contribution is 2.34. The maximum atomic E-state index is 4.34. The molecule has 0 aliphatic carbocycles. The Kier molecular flexibility index (Phi) is 4.33. The van der Waals surface area contributed by atoms with Gasteiger partial charge in [0.1, 0.15) is 0 Å². The molecule has 1 aromatic heterocycles. The van der Waals surface area contributed by atoms with Crippen LogP contribution in [0.25, 0.3) is 11.3 Å². The predicted molar refractivity (Wildman–Crippen MR) is 102 cm³/mol. The van der Waals surface area contributed by atoms with Gasteiger partial charge in [0.15, 0.2) is 0 Å². The first kappa shape index (κ1) is 16.0. The molecule has 0 fully saturated rings. The quantitative estimate of drug-likeness (QED) is 0.758. The Morgan fingerprint density at radius 1 is 0.920 bits per heavy atom. The van der Waals surface area contributed by atoms with Gasteiger partial charge in [0, 0.05) is 18.0 Å². The zero-order valence-corrected chi connectivity index (χ0v) is 14.8. The average Bonchev–Trinajstić information content (AvgIpc) is 2.85. The van der Waals surface area contributed by atoms with Crippen LogP contribution < -0.4 is 5.32 Å². The van der Waals surface area contributed by atoms with Gasteiger partial charge in [0.2, 0.25) is 0 Å². The molecule has 1 atom stereocenters. The molecule has 126 valence electrons. The monoisotopic (exact) mass is 329 g/mol. The van der Waals surface area contributed by atoms with Crippen LogP contribution in [0, 0.1) is 13.8 Å². The highest BCUT2D eigenvalue weighted by molar-refractivity contribution is 5.61. The fourth-order valence-electron chi connectivity index (χ4n) is 3.58. The second kappa shape index (κ2) is 6.77. The van der Waals surface area contributed by atoms with Crippen LogP contribution >= 0.6 is 0 Å². The van der Waals surface area contributed by atoms with Crippen molar-refractivity contribution in [2.45, 2.75) is 32.7 Å². The van der Waals surface area contributed by atoms with E-state index in [0.717, 1.165) is 36.5 Å². The van der Waals surface area contributed by atoms with Crippen LogP contribution in [0.2, 0.25) is 0 Å². The Balaban J connectivity index is 1.74. The molecule has 1 aliphatic heterocycles. The average molecular weight is 329 g/mol. The van der Waals surface area contributed by atoms with E-state index >= 15 is 0 Å². The summed E-state index contributed by atoms with van der Waals surface area (Å²) in [6.45, 7) is 6.04. The number of aromatic nitrogens is 2. The predicted octanol–water partition coefficient (Wildman–Crippen LogP) is 4.39. The molecule has 25 heavy (non-hydrogen) atoms. The Labute approximate surface area is 149 Å². The fraction of sp³-hybridized carbons (Fsp3) is 0.273. The summed E-state index contributed by atoms with van der Waals surface area (Å²) < 4.78 is 0. The minimum absolute atomic E-state index is 0.448. The van der Waals surface area contributed by atoms with Gasteiger partial charge >= 0.3 is 0 Å². The first-order chi connectivity index (χ1) is 12.2. The Hall–Kier alpha value is -2.52. The van der Waals surface area contributed by atoms with Gasteiger partial charge in [-0.3, -0.25) is 0 Å². The zero-order chi connectivity index (χ0) is 17.2. The number of aryl methyl sites for hydroxylation is 2. The van der Waals surface area contributed by atoms with Crippen molar-refractivity contribution in [1.29, 1.82) is 0 Å². The Morgan fingerprint density at radius 3 is 2.52 bits per heavy atom. The molecule has 2 aromatic carbocycles. The van der Waals surface area contributed by atoms with Crippen LogP contribution in [-0.4, -0.2) is 16.7 Å². The van der Waals surface area contributed by atoms with Crippen molar-refractivity contribution in [1.82, 2.24) is 15.5 Å². The summed E-state index contributed by atoms with van der Waals surface area (Å²) in [5.41, 5.74) is 8.52. The van der Waals surface area contributed by atoms with Crippen LogP contribution in [-0.2, 0) is 6.54 Å². The molecule has 1 N–H and O–H groups in total. The van der Waals surface area contributed by atoms with E-state index in [2.05, 4.69) is 64.9 Å². The summed E-state index contributed by atoms with van der Waals surface area (Å²) in [5.74, 6) is 0.448. The van der Waals surface area contributed by atoms with Crippen molar-refractivity contribution in [2.24, 2.45) is 0 Å². The molecular weight excluding hydrogens is 306 g/mol. The van der Waals surface area contributed by atoms with Gasteiger partial charge in [-0.1, -0.05) is 42.0 Å². The van der Waals surface area contributed by atoms with E-state index in [4.69, 9.17) is 0 Å². The number of fused-ring (bicyclic) bond motifs is 1. The number of rotatable bonds is 2. The first-order valence-corrected chi connectivity index (χ1v) is 8.91. The van der Waals surface area contributed by atoms with Gasteiger partial charge in [0.05, 0.1) is 11.4 Å². The highest BCUT2D eigenvalue weighted by atomic mass is 15.1. The van der Waals surface area contributed by atoms with E-state index in [-0.39, 0.29) is 0 Å². The van der Waals surface area contributed by atoms with E-state index < -0.39 is 0 Å². The molecule has 0 radical (unpaired) electrons. The molecule has 0 bridgehead atoms. The molecule has 4 rings (SSSR count). The molecule has 2 heterocycles. The lowest BCUT2D eigenvalue weighted by Gasteiger charge is -2.19. The van der Waals surface area contributed by atoms with Crippen LogP contribution in [0.4, 0.5) is 0 Å². The third-order valence-corrected chi connectivity index (χ3v) is 5.02. The largest absolute Gasteiger partial charge is 0.313 e. The van der Waals surface area contributed by atoms with Crippen molar-refractivity contribution >= 4 is 0 Å². The van der Waals surface area contributed by atoms with E-state index in [1.807, 2.05) is 19.1 Å². The topological polar surface area (TPSA) is 37.8 Å². The molecule has 1 unspecified atom stereocenters. The van der Waals surface area contributed by atoms with E-state index in [0.29, 0.717) is 5.92 Å². The number of benzene rings is 2. The summed E-state index contributed by atoms with van der Waals surface area (Å²) in [7, 11) is 0. The number of hydrogen-bond donors (Lipinski definition) is 1. The SMILES string of the molecule is Cc1ccc(C2CCNCc3cc(-c4ccc(C)nn4)ccc32)cc1. The normalized spacial score (nSPS) is 17.0. The van der Waals surface area contributed by atoms with Gasteiger partial charge in [-0.25, -0.2) is 0 Å². The van der Waals surface area contributed by atoms with E-state index in [1.54, 1.807) is 0 Å². The smallest absolute Gasteiger partial charge is 0.0929 e. The molecule has 3 heteroatoms. The third-order valence-electron chi connectivity index (χ3n) is 5.02. The van der Waals surface area contributed by atoms with Crippen molar-refractivity contribution < 1.29 is 0 Å². The fourth-order valence-corrected chi connectivity index (χ4v) is 3.58.